The average Bonchev–Trinajstić information content (AvgIpc) is 3.05. The molecule has 154 valence electrons. The van der Waals surface area contributed by atoms with Gasteiger partial charge in [-0.2, -0.15) is 0 Å². The minimum absolute atomic E-state index is 0.0130. The van der Waals surface area contributed by atoms with E-state index in [4.69, 9.17) is 14.2 Å². The molecule has 4 atom stereocenters. The van der Waals surface area contributed by atoms with Gasteiger partial charge in [0.05, 0.1) is 18.6 Å². The van der Waals surface area contributed by atoms with Gasteiger partial charge < -0.3 is 29.5 Å². The van der Waals surface area contributed by atoms with Gasteiger partial charge in [0, 0.05) is 23.6 Å². The molecule has 0 bridgehead atoms. The Labute approximate surface area is 168 Å². The Kier molecular flexibility index (Phi) is 4.47. The van der Waals surface area contributed by atoms with Gasteiger partial charge in [-0.05, 0) is 25.5 Å². The summed E-state index contributed by atoms with van der Waals surface area (Å²) in [5.41, 5.74) is 0.0769. The Morgan fingerprint density at radius 3 is 2.72 bits per heavy atom. The van der Waals surface area contributed by atoms with Crippen LogP contribution in [0.4, 0.5) is 0 Å². The summed E-state index contributed by atoms with van der Waals surface area (Å²) in [5.74, 6) is -0.457. The number of carbonyl (C=O) groups is 1. The molecule has 0 radical (unpaired) electrons. The molecule has 7 heteroatoms. The summed E-state index contributed by atoms with van der Waals surface area (Å²) in [7, 11) is 1.45. The van der Waals surface area contributed by atoms with E-state index in [1.165, 1.54) is 19.2 Å². The van der Waals surface area contributed by atoms with Crippen molar-refractivity contribution in [2.45, 2.75) is 44.0 Å². The number of methoxy groups -OCH3 is 1. The lowest BCUT2D eigenvalue weighted by Crippen LogP contribution is -2.46. The van der Waals surface area contributed by atoms with E-state index in [0.717, 1.165) is 5.57 Å². The first kappa shape index (κ1) is 19.5. The monoisotopic (exact) mass is 400 g/mol. The number of hydrogen-bond donors (Lipinski definition) is 3. The molecule has 3 N–H and O–H groups in total. The summed E-state index contributed by atoms with van der Waals surface area (Å²) in [5, 5.41) is 32.0. The number of carbonyl (C=O) groups excluding carboxylic acids is 1. The second-order valence-electron chi connectivity index (χ2n) is 7.83. The van der Waals surface area contributed by atoms with Crippen LogP contribution in [0.25, 0.3) is 0 Å². The molecule has 0 amide bonds. The Hall–Kier alpha value is -2.77. The zero-order valence-electron chi connectivity index (χ0n) is 16.6. The van der Waals surface area contributed by atoms with Gasteiger partial charge in [-0.1, -0.05) is 12.6 Å². The summed E-state index contributed by atoms with van der Waals surface area (Å²) in [6.07, 6.45) is -1.51. The maximum absolute atomic E-state index is 13.4. The standard InChI is InChI=1S/C22H24O7/c1-10(2)16-8-22(26)20(29-16)11(3)18(24)17-19(25)14(9-28-21(17)22)13-6-5-12(23)7-15(13)27-4/h5-7,14,16,18,23-24,26H,1,8-9H2,2-4H3/t14-,16-,18-,22+/m1/s1. The number of fused-ring (bicyclic) bond motifs is 2. The lowest BCUT2D eigenvalue weighted by Gasteiger charge is -2.39. The van der Waals surface area contributed by atoms with E-state index in [2.05, 4.69) is 6.58 Å². The van der Waals surface area contributed by atoms with Gasteiger partial charge in [0.1, 0.15) is 41.8 Å². The molecule has 0 spiro atoms. The van der Waals surface area contributed by atoms with Gasteiger partial charge in [0.25, 0.3) is 0 Å². The predicted molar refractivity (Wildman–Crippen MR) is 103 cm³/mol. The molecule has 0 unspecified atom stereocenters. The number of Topliss-reactive ketones (excluding diaryl/α,β-unsaturated/α-hetero) is 1. The minimum Gasteiger partial charge on any atom is -0.508 e. The van der Waals surface area contributed by atoms with Crippen LogP contribution in [0.1, 0.15) is 31.7 Å². The molecule has 1 saturated heterocycles. The molecule has 29 heavy (non-hydrogen) atoms. The summed E-state index contributed by atoms with van der Waals surface area (Å²) >= 11 is 0. The van der Waals surface area contributed by atoms with Crippen LogP contribution in [0.15, 0.2) is 53.0 Å². The van der Waals surface area contributed by atoms with E-state index >= 15 is 0 Å². The van der Waals surface area contributed by atoms with E-state index in [1.54, 1.807) is 19.9 Å². The Balaban J connectivity index is 1.78. The Bertz CT molecular complexity index is 973. The van der Waals surface area contributed by atoms with Crippen LogP contribution in [0, 0.1) is 0 Å². The van der Waals surface area contributed by atoms with Gasteiger partial charge in [-0.15, -0.1) is 0 Å². The molecule has 7 nitrogen and oxygen atoms in total. The van der Waals surface area contributed by atoms with Gasteiger partial charge in [0.15, 0.2) is 11.4 Å². The zero-order valence-corrected chi connectivity index (χ0v) is 16.6. The van der Waals surface area contributed by atoms with Crippen LogP contribution in [0.3, 0.4) is 0 Å². The Morgan fingerprint density at radius 2 is 2.07 bits per heavy atom. The normalized spacial score (nSPS) is 31.1. The molecule has 1 aromatic rings. The van der Waals surface area contributed by atoms with Crippen molar-refractivity contribution in [2.75, 3.05) is 13.7 Å². The third-order valence-corrected chi connectivity index (χ3v) is 5.90. The summed E-state index contributed by atoms with van der Waals surface area (Å²) in [6, 6.07) is 4.48. The maximum Gasteiger partial charge on any atom is 0.183 e. The number of phenolic OH excluding ortho intramolecular Hbond substituents is 1. The lowest BCUT2D eigenvalue weighted by atomic mass is 9.75. The number of phenols is 1. The fraction of sp³-hybridized carbons (Fsp3) is 0.409. The van der Waals surface area contributed by atoms with E-state index < -0.39 is 23.7 Å². The average molecular weight is 400 g/mol. The number of hydrogen-bond acceptors (Lipinski definition) is 7. The van der Waals surface area contributed by atoms with Gasteiger partial charge in [-0.25, -0.2) is 0 Å². The molecule has 1 aliphatic carbocycles. The fourth-order valence-electron chi connectivity index (χ4n) is 4.31. The van der Waals surface area contributed by atoms with Crippen molar-refractivity contribution in [1.29, 1.82) is 0 Å². The van der Waals surface area contributed by atoms with Crippen LogP contribution in [-0.4, -0.2) is 52.6 Å². The van der Waals surface area contributed by atoms with Crippen molar-refractivity contribution in [3.63, 3.8) is 0 Å². The van der Waals surface area contributed by atoms with Crippen molar-refractivity contribution in [1.82, 2.24) is 0 Å². The second-order valence-corrected chi connectivity index (χ2v) is 7.83. The number of aliphatic hydroxyl groups excluding tert-OH is 1. The van der Waals surface area contributed by atoms with Gasteiger partial charge in [0.2, 0.25) is 0 Å². The first-order chi connectivity index (χ1) is 13.7. The zero-order chi connectivity index (χ0) is 21.1. The lowest BCUT2D eigenvalue weighted by molar-refractivity contribution is -0.122. The minimum atomic E-state index is -1.61. The van der Waals surface area contributed by atoms with Crippen molar-refractivity contribution >= 4 is 5.78 Å². The second kappa shape index (κ2) is 6.64. The van der Waals surface area contributed by atoms with E-state index in [0.29, 0.717) is 16.9 Å². The van der Waals surface area contributed by atoms with Crippen LogP contribution in [0.5, 0.6) is 11.5 Å². The van der Waals surface area contributed by atoms with Gasteiger partial charge >= 0.3 is 0 Å². The van der Waals surface area contributed by atoms with E-state index in [1.807, 2.05) is 0 Å². The largest absolute Gasteiger partial charge is 0.508 e. The number of aromatic hydroxyl groups is 1. The highest BCUT2D eigenvalue weighted by atomic mass is 16.5. The molecular weight excluding hydrogens is 376 g/mol. The molecule has 3 aliphatic rings. The number of ketones is 1. The summed E-state index contributed by atoms with van der Waals surface area (Å²) in [6.45, 7) is 7.29. The smallest absolute Gasteiger partial charge is 0.183 e. The van der Waals surface area contributed by atoms with Gasteiger partial charge in [-0.3, -0.25) is 4.79 Å². The highest BCUT2D eigenvalue weighted by Crippen LogP contribution is 2.51. The third kappa shape index (κ3) is 2.76. The van der Waals surface area contributed by atoms with Crippen LogP contribution in [-0.2, 0) is 14.3 Å². The van der Waals surface area contributed by atoms with Crippen molar-refractivity contribution in [3.05, 3.63) is 58.6 Å². The SMILES string of the molecule is C=C(C)[C@H]1C[C@]2(O)C(=C(C)[C@@H](O)C3=C2OC[C@H](c2ccc(O)cc2OC)C3=O)O1. The van der Waals surface area contributed by atoms with Crippen molar-refractivity contribution in [3.8, 4) is 11.5 Å². The quantitative estimate of drug-likeness (QED) is 0.667. The first-order valence-electron chi connectivity index (χ1n) is 9.41. The number of ether oxygens (including phenoxy) is 3. The van der Waals surface area contributed by atoms with Crippen LogP contribution in [0.2, 0.25) is 0 Å². The maximum atomic E-state index is 13.4. The number of benzene rings is 1. The number of aliphatic hydroxyl groups is 2. The molecule has 2 aliphatic heterocycles. The van der Waals surface area contributed by atoms with E-state index in [-0.39, 0.29) is 41.7 Å². The topological polar surface area (TPSA) is 105 Å². The molecule has 1 aromatic carbocycles. The van der Waals surface area contributed by atoms with Crippen LogP contribution < -0.4 is 4.74 Å². The first-order valence-corrected chi connectivity index (χ1v) is 9.41. The number of rotatable bonds is 3. The highest BCUT2D eigenvalue weighted by Gasteiger charge is 2.57. The van der Waals surface area contributed by atoms with Crippen molar-refractivity contribution < 1.29 is 34.3 Å². The van der Waals surface area contributed by atoms with Crippen LogP contribution >= 0.6 is 0 Å². The fourth-order valence-corrected chi connectivity index (χ4v) is 4.31. The Morgan fingerprint density at radius 1 is 1.34 bits per heavy atom. The molecule has 4 rings (SSSR count). The predicted octanol–water partition coefficient (Wildman–Crippen LogP) is 2.08. The van der Waals surface area contributed by atoms with Crippen molar-refractivity contribution in [2.24, 2.45) is 0 Å². The molecule has 0 aromatic heterocycles. The van der Waals surface area contributed by atoms with E-state index in [9.17, 15) is 20.1 Å². The molecule has 1 fully saturated rings. The summed E-state index contributed by atoms with van der Waals surface area (Å²) < 4.78 is 17.1. The molecular formula is C22H24O7. The highest BCUT2D eigenvalue weighted by molar-refractivity contribution is 6.04. The molecule has 2 heterocycles. The summed E-state index contributed by atoms with van der Waals surface area (Å²) in [4.78, 5) is 13.4. The third-order valence-electron chi connectivity index (χ3n) is 5.90. The molecule has 0 saturated carbocycles.